The summed E-state index contributed by atoms with van der Waals surface area (Å²) in [6.45, 7) is 4.61. The molecule has 1 aromatic heterocycles. The number of nitriles is 1. The fourth-order valence-corrected chi connectivity index (χ4v) is 2.48. The molecule has 0 fully saturated rings. The van der Waals surface area contributed by atoms with Crippen LogP contribution in [-0.4, -0.2) is 22.9 Å². The van der Waals surface area contributed by atoms with Crippen LogP contribution in [0.25, 0.3) is 6.08 Å². The molecule has 0 saturated heterocycles. The normalized spacial score (nSPS) is 13.4. The number of hydrogen-bond donors (Lipinski definition) is 0. The second-order valence-corrected chi connectivity index (χ2v) is 7.85. The van der Waals surface area contributed by atoms with E-state index >= 15 is 0 Å². The lowest BCUT2D eigenvalue weighted by atomic mass is 10.3. The number of nitrogens with zero attached hydrogens (tertiary/aromatic N) is 3. The Morgan fingerprint density at radius 2 is 2.11 bits per heavy atom. The van der Waals surface area contributed by atoms with E-state index < -0.39 is 14.6 Å². The van der Waals surface area contributed by atoms with Gasteiger partial charge < -0.3 is 0 Å². The topological polar surface area (TPSA) is 75.8 Å². The second kappa shape index (κ2) is 4.75. The molecule has 0 N–H and O–H groups in total. The number of rotatable bonds is 2. The first kappa shape index (κ1) is 14.7. The number of aryl methyl sites for hydroxylation is 1. The first-order valence-corrected chi connectivity index (χ1v) is 7.01. The van der Waals surface area contributed by atoms with Gasteiger partial charge in [0, 0.05) is 13.2 Å². The molecular formula is C11H14ClN3O2S. The van der Waals surface area contributed by atoms with E-state index in [0.29, 0.717) is 5.02 Å². The number of allylic oxidation sites excluding steroid dienone is 1. The fraction of sp³-hybridized carbons (Fsp3) is 0.455. The van der Waals surface area contributed by atoms with Gasteiger partial charge in [0.15, 0.2) is 9.84 Å². The summed E-state index contributed by atoms with van der Waals surface area (Å²) in [5.74, 6) is 0. The van der Waals surface area contributed by atoms with Crippen LogP contribution in [-0.2, 0) is 16.9 Å². The summed E-state index contributed by atoms with van der Waals surface area (Å²) in [7, 11) is -2.04. The van der Waals surface area contributed by atoms with Gasteiger partial charge in [0.2, 0.25) is 0 Å². The van der Waals surface area contributed by atoms with Crippen molar-refractivity contribution in [2.24, 2.45) is 7.05 Å². The predicted octanol–water partition coefficient (Wildman–Crippen LogP) is 2.15. The molecule has 1 aromatic rings. The third-order valence-electron chi connectivity index (χ3n) is 2.28. The van der Waals surface area contributed by atoms with Gasteiger partial charge in [0.1, 0.15) is 16.7 Å². The second-order valence-electron chi connectivity index (χ2n) is 4.77. The van der Waals surface area contributed by atoms with Crippen molar-refractivity contribution < 1.29 is 8.42 Å². The van der Waals surface area contributed by atoms with Gasteiger partial charge in [-0.25, -0.2) is 8.42 Å². The minimum absolute atomic E-state index is 0.267. The van der Waals surface area contributed by atoms with Crippen molar-refractivity contribution in [3.63, 3.8) is 0 Å². The van der Waals surface area contributed by atoms with Gasteiger partial charge in [-0.05, 0) is 26.8 Å². The van der Waals surface area contributed by atoms with Crippen LogP contribution in [0.1, 0.15) is 26.5 Å². The zero-order valence-electron chi connectivity index (χ0n) is 10.6. The fourth-order valence-electron chi connectivity index (χ4n) is 1.20. The molecule has 0 aromatic carbocycles. The molecule has 0 aliphatic heterocycles. The van der Waals surface area contributed by atoms with Crippen molar-refractivity contribution in [1.29, 1.82) is 5.26 Å². The highest BCUT2D eigenvalue weighted by molar-refractivity contribution is 7.97. The molecule has 0 unspecified atom stereocenters. The van der Waals surface area contributed by atoms with Crippen LogP contribution in [0.4, 0.5) is 0 Å². The smallest absolute Gasteiger partial charge is 0.193 e. The molecule has 0 atom stereocenters. The maximum atomic E-state index is 12.1. The Balaban J connectivity index is 3.38. The van der Waals surface area contributed by atoms with Gasteiger partial charge >= 0.3 is 0 Å². The molecule has 1 heterocycles. The highest BCUT2D eigenvalue weighted by Gasteiger charge is 2.33. The van der Waals surface area contributed by atoms with Crippen molar-refractivity contribution in [2.75, 3.05) is 0 Å². The van der Waals surface area contributed by atoms with E-state index in [2.05, 4.69) is 5.10 Å². The lowest BCUT2D eigenvalue weighted by Gasteiger charge is -2.17. The van der Waals surface area contributed by atoms with Crippen LogP contribution in [0.3, 0.4) is 0 Å². The van der Waals surface area contributed by atoms with E-state index in [1.54, 1.807) is 13.1 Å². The van der Waals surface area contributed by atoms with Gasteiger partial charge in [-0.1, -0.05) is 11.6 Å². The molecule has 18 heavy (non-hydrogen) atoms. The quantitative estimate of drug-likeness (QED) is 0.781. The molecule has 0 amide bonds. The Hall–Kier alpha value is -1.32. The van der Waals surface area contributed by atoms with Gasteiger partial charge in [-0.2, -0.15) is 10.4 Å². The lowest BCUT2D eigenvalue weighted by Crippen LogP contribution is -2.28. The van der Waals surface area contributed by atoms with Crippen molar-refractivity contribution in [2.45, 2.75) is 25.5 Å². The minimum atomic E-state index is -3.70. The van der Waals surface area contributed by atoms with E-state index in [4.69, 9.17) is 16.9 Å². The van der Waals surface area contributed by atoms with Crippen molar-refractivity contribution >= 4 is 27.5 Å². The van der Waals surface area contributed by atoms with Crippen LogP contribution >= 0.6 is 11.6 Å². The highest BCUT2D eigenvalue weighted by Crippen LogP contribution is 2.26. The summed E-state index contributed by atoms with van der Waals surface area (Å²) in [4.78, 5) is -0.337. The van der Waals surface area contributed by atoms with Crippen LogP contribution in [0.2, 0.25) is 5.02 Å². The minimum Gasteiger partial charge on any atom is -0.274 e. The molecule has 0 radical (unpaired) electrons. The SMILES string of the molecule is Cn1cc(Cl)c(/C=C(/C#N)S(=O)(=O)C(C)(C)C)n1. The summed E-state index contributed by atoms with van der Waals surface area (Å²) in [6, 6.07) is 1.70. The van der Waals surface area contributed by atoms with E-state index in [1.807, 2.05) is 0 Å². The average Bonchev–Trinajstić information content (AvgIpc) is 2.51. The first-order valence-electron chi connectivity index (χ1n) is 5.15. The number of halogens is 1. The summed E-state index contributed by atoms with van der Waals surface area (Å²) in [5.41, 5.74) is 0.267. The third-order valence-corrected chi connectivity index (χ3v) is 4.98. The standard InChI is InChI=1S/C11H14ClN3O2S/c1-11(2,3)18(16,17)8(6-13)5-10-9(12)7-15(4)14-10/h5,7H,1-4H3/b8-5-. The van der Waals surface area contributed by atoms with Crippen LogP contribution in [0.15, 0.2) is 11.1 Å². The molecule has 5 nitrogen and oxygen atoms in total. The van der Waals surface area contributed by atoms with Gasteiger partial charge in [-0.3, -0.25) is 4.68 Å². The Bertz CT molecular complexity index is 630. The Morgan fingerprint density at radius 3 is 2.44 bits per heavy atom. The summed E-state index contributed by atoms with van der Waals surface area (Å²) >= 11 is 5.88. The van der Waals surface area contributed by atoms with Gasteiger partial charge in [-0.15, -0.1) is 0 Å². The number of sulfone groups is 1. The van der Waals surface area contributed by atoms with E-state index in [1.165, 1.54) is 37.7 Å². The third kappa shape index (κ3) is 2.74. The lowest BCUT2D eigenvalue weighted by molar-refractivity contribution is 0.568. The molecular weight excluding hydrogens is 274 g/mol. The van der Waals surface area contributed by atoms with Crippen molar-refractivity contribution in [3.8, 4) is 6.07 Å². The Labute approximate surface area is 112 Å². The maximum Gasteiger partial charge on any atom is 0.193 e. The van der Waals surface area contributed by atoms with Gasteiger partial charge in [0.05, 0.1) is 9.77 Å². The predicted molar refractivity (Wildman–Crippen MR) is 70.5 cm³/mol. The van der Waals surface area contributed by atoms with Crippen LogP contribution < -0.4 is 0 Å². The van der Waals surface area contributed by atoms with Crippen molar-refractivity contribution in [3.05, 3.63) is 21.8 Å². The molecule has 0 aliphatic rings. The van der Waals surface area contributed by atoms with E-state index in [9.17, 15) is 8.42 Å². The molecule has 7 heteroatoms. The monoisotopic (exact) mass is 287 g/mol. The largest absolute Gasteiger partial charge is 0.274 e. The summed E-state index contributed by atoms with van der Waals surface area (Å²) in [5, 5.41) is 13.3. The maximum absolute atomic E-state index is 12.1. The number of hydrogen-bond acceptors (Lipinski definition) is 4. The Morgan fingerprint density at radius 1 is 1.56 bits per heavy atom. The van der Waals surface area contributed by atoms with Crippen molar-refractivity contribution in [1.82, 2.24) is 9.78 Å². The van der Waals surface area contributed by atoms with E-state index in [-0.39, 0.29) is 10.6 Å². The molecule has 0 aliphatic carbocycles. The highest BCUT2D eigenvalue weighted by atomic mass is 35.5. The number of aromatic nitrogens is 2. The molecule has 98 valence electrons. The zero-order chi connectivity index (χ0) is 14.1. The summed E-state index contributed by atoms with van der Waals surface area (Å²) < 4.78 is 24.7. The summed E-state index contributed by atoms with van der Waals surface area (Å²) in [6.07, 6.45) is 2.73. The van der Waals surface area contributed by atoms with Gasteiger partial charge in [0.25, 0.3) is 0 Å². The van der Waals surface area contributed by atoms with Crippen LogP contribution in [0.5, 0.6) is 0 Å². The molecule has 1 rings (SSSR count). The average molecular weight is 288 g/mol. The van der Waals surface area contributed by atoms with Crippen LogP contribution in [0, 0.1) is 11.3 Å². The Kier molecular flexibility index (Phi) is 3.89. The van der Waals surface area contributed by atoms with E-state index in [0.717, 1.165) is 0 Å². The molecule has 0 bridgehead atoms. The molecule has 0 spiro atoms. The molecule has 0 saturated carbocycles. The first-order chi connectivity index (χ1) is 8.09. The zero-order valence-corrected chi connectivity index (χ0v) is 12.2.